The van der Waals surface area contributed by atoms with Crippen LogP contribution in [-0.2, 0) is 0 Å². The molecule has 0 aliphatic heterocycles. The third-order valence-electron chi connectivity index (χ3n) is 3.76. The third-order valence-corrected chi connectivity index (χ3v) is 3.76. The van der Waals surface area contributed by atoms with Gasteiger partial charge in [0.15, 0.2) is 0 Å². The van der Waals surface area contributed by atoms with Crippen LogP contribution in [0.3, 0.4) is 0 Å². The van der Waals surface area contributed by atoms with Gasteiger partial charge < -0.3 is 15.0 Å². The molecule has 0 saturated carbocycles. The predicted molar refractivity (Wildman–Crippen MR) is 92.5 cm³/mol. The third kappa shape index (κ3) is 6.38. The second kappa shape index (κ2) is 9.67. The quantitative estimate of drug-likeness (QED) is 0.703. The first-order valence-electron chi connectivity index (χ1n) is 8.35. The van der Waals surface area contributed by atoms with Crippen LogP contribution in [0.5, 0.6) is 5.75 Å². The van der Waals surface area contributed by atoms with Crippen LogP contribution in [0.1, 0.15) is 47.5 Å². The van der Waals surface area contributed by atoms with E-state index in [1.165, 1.54) is 18.5 Å². The second-order valence-electron chi connectivity index (χ2n) is 5.70. The average Bonchev–Trinajstić information content (AvgIpc) is 2.47. The van der Waals surface area contributed by atoms with Crippen molar-refractivity contribution in [3.05, 3.63) is 24.3 Å². The van der Waals surface area contributed by atoms with Gasteiger partial charge in [0.2, 0.25) is 0 Å². The van der Waals surface area contributed by atoms with Gasteiger partial charge in [-0.15, -0.1) is 0 Å². The summed E-state index contributed by atoms with van der Waals surface area (Å²) in [6, 6.07) is 8.95. The summed E-state index contributed by atoms with van der Waals surface area (Å²) in [5.74, 6) is 0.955. The number of rotatable bonds is 10. The van der Waals surface area contributed by atoms with Crippen LogP contribution in [0.4, 0.5) is 5.69 Å². The summed E-state index contributed by atoms with van der Waals surface area (Å²) < 4.78 is 6.03. The van der Waals surface area contributed by atoms with Crippen molar-refractivity contribution < 1.29 is 4.74 Å². The molecule has 0 amide bonds. The fraction of sp³-hybridized carbons (Fsp3) is 0.667. The van der Waals surface area contributed by atoms with E-state index in [9.17, 15) is 0 Å². The van der Waals surface area contributed by atoms with Gasteiger partial charge >= 0.3 is 0 Å². The fourth-order valence-corrected chi connectivity index (χ4v) is 2.52. The topological polar surface area (TPSA) is 24.5 Å². The Kier molecular flexibility index (Phi) is 8.21. The molecular weight excluding hydrogens is 260 g/mol. The number of hydrogen-bond acceptors (Lipinski definition) is 3. The maximum atomic E-state index is 6.03. The van der Waals surface area contributed by atoms with E-state index in [-0.39, 0.29) is 6.10 Å². The zero-order valence-corrected chi connectivity index (χ0v) is 14.4. The molecule has 2 atom stereocenters. The highest BCUT2D eigenvalue weighted by atomic mass is 16.5. The van der Waals surface area contributed by atoms with Gasteiger partial charge in [0.05, 0.1) is 0 Å². The van der Waals surface area contributed by atoms with Gasteiger partial charge in [0.25, 0.3) is 0 Å². The van der Waals surface area contributed by atoms with Gasteiger partial charge in [0.1, 0.15) is 11.9 Å². The smallest absolute Gasteiger partial charge is 0.121 e. The summed E-state index contributed by atoms with van der Waals surface area (Å²) in [6.07, 6.45) is 2.61. The Hall–Kier alpha value is -1.22. The standard InChI is InChI=1S/C18H32N2O/c1-6-10-15(4)19-14-16(5)21-18-12-9-11-17(13-18)20(7-2)8-3/h9,11-13,15-16,19H,6-8,10,14H2,1-5H3. The first kappa shape index (κ1) is 17.8. The monoisotopic (exact) mass is 292 g/mol. The molecule has 2 unspecified atom stereocenters. The number of nitrogens with one attached hydrogen (secondary N) is 1. The minimum Gasteiger partial charge on any atom is -0.489 e. The Morgan fingerprint density at radius 2 is 1.86 bits per heavy atom. The van der Waals surface area contributed by atoms with E-state index >= 15 is 0 Å². The zero-order valence-electron chi connectivity index (χ0n) is 14.4. The SMILES string of the molecule is CCCC(C)NCC(C)Oc1cccc(N(CC)CC)c1. The first-order valence-corrected chi connectivity index (χ1v) is 8.35. The number of anilines is 1. The maximum absolute atomic E-state index is 6.03. The molecule has 1 aromatic rings. The number of ether oxygens (including phenoxy) is 1. The molecule has 0 radical (unpaired) electrons. The summed E-state index contributed by atoms with van der Waals surface area (Å²) in [7, 11) is 0. The van der Waals surface area contributed by atoms with E-state index in [0.29, 0.717) is 6.04 Å². The Morgan fingerprint density at radius 1 is 1.14 bits per heavy atom. The highest BCUT2D eigenvalue weighted by molar-refractivity contribution is 5.50. The summed E-state index contributed by atoms with van der Waals surface area (Å²) in [5, 5.41) is 3.53. The number of hydrogen-bond donors (Lipinski definition) is 1. The van der Waals surface area contributed by atoms with E-state index in [1.807, 2.05) is 6.07 Å². The normalized spacial score (nSPS) is 13.8. The minimum absolute atomic E-state index is 0.177. The van der Waals surface area contributed by atoms with Crippen LogP contribution in [0, 0.1) is 0 Å². The summed E-state index contributed by atoms with van der Waals surface area (Å²) in [5.41, 5.74) is 1.23. The molecule has 1 aromatic carbocycles. The average molecular weight is 292 g/mol. The van der Waals surface area contributed by atoms with Gasteiger partial charge in [-0.1, -0.05) is 19.4 Å². The molecule has 0 heterocycles. The highest BCUT2D eigenvalue weighted by Gasteiger charge is 2.08. The van der Waals surface area contributed by atoms with E-state index in [2.05, 4.69) is 63.0 Å². The molecule has 1 rings (SSSR count). The molecule has 1 N–H and O–H groups in total. The van der Waals surface area contributed by atoms with Crippen molar-refractivity contribution in [3.8, 4) is 5.75 Å². The van der Waals surface area contributed by atoms with Crippen molar-refractivity contribution in [3.63, 3.8) is 0 Å². The van der Waals surface area contributed by atoms with Crippen molar-refractivity contribution in [1.82, 2.24) is 5.32 Å². The van der Waals surface area contributed by atoms with Crippen LogP contribution in [-0.4, -0.2) is 31.8 Å². The van der Waals surface area contributed by atoms with E-state index in [0.717, 1.165) is 25.4 Å². The number of nitrogens with zero attached hydrogens (tertiary/aromatic N) is 1. The van der Waals surface area contributed by atoms with E-state index in [1.54, 1.807) is 0 Å². The Morgan fingerprint density at radius 3 is 2.48 bits per heavy atom. The second-order valence-corrected chi connectivity index (χ2v) is 5.70. The van der Waals surface area contributed by atoms with Crippen molar-refractivity contribution >= 4 is 5.69 Å². The fourth-order valence-electron chi connectivity index (χ4n) is 2.52. The lowest BCUT2D eigenvalue weighted by Gasteiger charge is -2.23. The molecule has 0 aliphatic carbocycles. The molecule has 0 aliphatic rings. The first-order chi connectivity index (χ1) is 10.1. The van der Waals surface area contributed by atoms with Crippen LogP contribution in [0.2, 0.25) is 0 Å². The van der Waals surface area contributed by atoms with E-state index < -0.39 is 0 Å². The molecule has 21 heavy (non-hydrogen) atoms. The summed E-state index contributed by atoms with van der Waals surface area (Å²) in [6.45, 7) is 13.9. The van der Waals surface area contributed by atoms with E-state index in [4.69, 9.17) is 4.74 Å². The molecule has 0 spiro atoms. The molecule has 120 valence electrons. The molecule has 0 fully saturated rings. The van der Waals surface area contributed by atoms with Gasteiger partial charge in [0, 0.05) is 37.4 Å². The van der Waals surface area contributed by atoms with Crippen molar-refractivity contribution in [2.45, 2.75) is 59.6 Å². The van der Waals surface area contributed by atoms with Gasteiger partial charge in [-0.25, -0.2) is 0 Å². The Bertz CT molecular complexity index is 391. The van der Waals surface area contributed by atoms with Gasteiger partial charge in [-0.05, 0) is 46.2 Å². The van der Waals surface area contributed by atoms with Crippen LogP contribution in [0.15, 0.2) is 24.3 Å². The van der Waals surface area contributed by atoms with Crippen LogP contribution in [0.25, 0.3) is 0 Å². The zero-order chi connectivity index (χ0) is 15.7. The molecule has 0 bridgehead atoms. The highest BCUT2D eigenvalue weighted by Crippen LogP contribution is 2.21. The Balaban J connectivity index is 2.52. The van der Waals surface area contributed by atoms with Crippen LogP contribution < -0.4 is 15.0 Å². The molecular formula is C18H32N2O. The van der Waals surface area contributed by atoms with Crippen molar-refractivity contribution in [2.75, 3.05) is 24.5 Å². The Labute approximate surface area is 130 Å². The number of benzene rings is 1. The van der Waals surface area contributed by atoms with Crippen molar-refractivity contribution in [1.29, 1.82) is 0 Å². The largest absolute Gasteiger partial charge is 0.489 e. The van der Waals surface area contributed by atoms with Crippen LogP contribution >= 0.6 is 0 Å². The predicted octanol–water partition coefficient (Wildman–Crippen LogP) is 4.08. The summed E-state index contributed by atoms with van der Waals surface area (Å²) in [4.78, 5) is 2.33. The molecule has 0 saturated heterocycles. The lowest BCUT2D eigenvalue weighted by molar-refractivity contribution is 0.211. The summed E-state index contributed by atoms with van der Waals surface area (Å²) >= 11 is 0. The maximum Gasteiger partial charge on any atom is 0.121 e. The van der Waals surface area contributed by atoms with Gasteiger partial charge in [-0.2, -0.15) is 0 Å². The lowest BCUT2D eigenvalue weighted by Crippen LogP contribution is -2.35. The minimum atomic E-state index is 0.177. The lowest BCUT2D eigenvalue weighted by atomic mass is 10.2. The van der Waals surface area contributed by atoms with Crippen molar-refractivity contribution in [2.24, 2.45) is 0 Å². The molecule has 0 aromatic heterocycles. The molecule has 3 nitrogen and oxygen atoms in total. The molecule has 3 heteroatoms. The van der Waals surface area contributed by atoms with Gasteiger partial charge in [-0.3, -0.25) is 0 Å².